The summed E-state index contributed by atoms with van der Waals surface area (Å²) in [5.41, 5.74) is 8.31. The van der Waals surface area contributed by atoms with Crippen LogP contribution in [0, 0.1) is 17.8 Å². The molecule has 1 saturated heterocycles. The standard InChI is InChI=1S/C19H26BrN3O.C18H26BrNO2.C15H21BrN2O2/c1-15(2)19(24)18(16-4-6-17(20)7-5-16)8-10-21-9-3-12-23-13-11-22-14-23;1-13(2)18(21)17(14-3-5-15(19)6-4-14)7-10-20-16-8-11-22-12-9-16;1-10(2)15(20)13(7-8-18-9-14(17)19)11-3-5-12(16)6-4-11/h4-7,11,13-15,18,21H,3,8-10,12H2,1-2H3;3-6,13,16-17,20H,7-12H2,1-2H3;3-6,10,13,18H,7-9H2,1-2H3,(H2,17,19)/t18-;17-;13-/m111/s1. The molecule has 14 heteroatoms. The number of halogens is 3. The number of imidazole rings is 1. The Morgan fingerprint density at radius 1 is 0.636 bits per heavy atom. The van der Waals surface area contributed by atoms with E-state index >= 15 is 0 Å². The number of benzene rings is 3. The van der Waals surface area contributed by atoms with Gasteiger partial charge in [-0.2, -0.15) is 0 Å². The van der Waals surface area contributed by atoms with Crippen LogP contribution in [0.2, 0.25) is 0 Å². The van der Waals surface area contributed by atoms with Crippen LogP contribution in [0.4, 0.5) is 0 Å². The number of rotatable bonds is 25. The Kier molecular flexibility index (Phi) is 27.3. The van der Waals surface area contributed by atoms with Crippen molar-refractivity contribution in [1.29, 1.82) is 0 Å². The molecule has 4 aromatic rings. The molecular weight excluding hydrogens is 1030 g/mol. The maximum atomic E-state index is 12.6. The summed E-state index contributed by atoms with van der Waals surface area (Å²) in [6, 6.07) is 24.6. The molecular formula is C52H73Br3N6O5. The van der Waals surface area contributed by atoms with Gasteiger partial charge in [-0.05, 0) is 118 Å². The van der Waals surface area contributed by atoms with Gasteiger partial charge in [-0.1, -0.05) is 126 Å². The number of ketones is 3. The van der Waals surface area contributed by atoms with Crippen molar-refractivity contribution in [1.82, 2.24) is 25.5 Å². The third-order valence-electron chi connectivity index (χ3n) is 11.5. The monoisotopic (exact) mass is 1100 g/mol. The molecule has 1 aliphatic heterocycles. The fraction of sp³-hybridized carbons (Fsp3) is 0.519. The minimum atomic E-state index is -0.389. The Bertz CT molecular complexity index is 1990. The number of nitrogens with zero attached hydrogens (tertiary/aromatic N) is 2. The summed E-state index contributed by atoms with van der Waals surface area (Å²) in [6.45, 7) is 17.8. The van der Waals surface area contributed by atoms with Crippen molar-refractivity contribution in [3.63, 3.8) is 0 Å². The highest BCUT2D eigenvalue weighted by atomic mass is 79.9. The zero-order chi connectivity index (χ0) is 48.4. The molecule has 2 heterocycles. The van der Waals surface area contributed by atoms with Crippen LogP contribution in [0.15, 0.2) is 105 Å². The maximum absolute atomic E-state index is 12.6. The van der Waals surface area contributed by atoms with Gasteiger partial charge in [0.05, 0.1) is 12.9 Å². The van der Waals surface area contributed by atoms with Crippen LogP contribution in [0.5, 0.6) is 0 Å². The molecule has 0 spiro atoms. The third-order valence-corrected chi connectivity index (χ3v) is 13.1. The summed E-state index contributed by atoms with van der Waals surface area (Å²) >= 11 is 10.3. The topological polar surface area (TPSA) is 157 Å². The smallest absolute Gasteiger partial charge is 0.231 e. The van der Waals surface area contributed by atoms with Crippen molar-refractivity contribution in [2.24, 2.45) is 23.5 Å². The van der Waals surface area contributed by atoms with E-state index < -0.39 is 0 Å². The second kappa shape index (κ2) is 31.6. The van der Waals surface area contributed by atoms with E-state index in [9.17, 15) is 19.2 Å². The van der Waals surface area contributed by atoms with Crippen molar-refractivity contribution in [3.8, 4) is 0 Å². The number of hydrogen-bond donors (Lipinski definition) is 4. The fourth-order valence-electron chi connectivity index (χ4n) is 7.68. The number of Topliss-reactive ketones (excluding diaryl/α,β-unsaturated/α-hetero) is 3. The Labute approximate surface area is 419 Å². The van der Waals surface area contributed by atoms with Crippen LogP contribution in [-0.2, 0) is 30.5 Å². The maximum Gasteiger partial charge on any atom is 0.231 e. The lowest BCUT2D eigenvalue weighted by atomic mass is 9.86. The first kappa shape index (κ1) is 57.0. The minimum absolute atomic E-state index is 0.0135. The van der Waals surface area contributed by atoms with E-state index in [4.69, 9.17) is 10.5 Å². The molecule has 5 rings (SSSR count). The molecule has 5 N–H and O–H groups in total. The molecule has 11 nitrogen and oxygen atoms in total. The number of carbonyl (C=O) groups excluding carboxylic acids is 4. The quantitative estimate of drug-likeness (QED) is 0.0475. The van der Waals surface area contributed by atoms with Crippen molar-refractivity contribution < 1.29 is 23.9 Å². The van der Waals surface area contributed by atoms with Gasteiger partial charge in [-0.3, -0.25) is 19.2 Å². The number of hydrogen-bond acceptors (Lipinski definition) is 9. The predicted molar refractivity (Wildman–Crippen MR) is 278 cm³/mol. The molecule has 1 aromatic heterocycles. The van der Waals surface area contributed by atoms with E-state index in [0.717, 1.165) is 102 Å². The van der Waals surface area contributed by atoms with Crippen LogP contribution < -0.4 is 21.7 Å². The number of carbonyl (C=O) groups is 4. The van der Waals surface area contributed by atoms with E-state index in [1.165, 1.54) is 0 Å². The lowest BCUT2D eigenvalue weighted by molar-refractivity contribution is -0.124. The summed E-state index contributed by atoms with van der Waals surface area (Å²) in [7, 11) is 0. The van der Waals surface area contributed by atoms with Gasteiger partial charge in [-0.15, -0.1) is 0 Å². The van der Waals surface area contributed by atoms with Crippen molar-refractivity contribution in [2.45, 2.75) is 110 Å². The average molecular weight is 1100 g/mol. The number of aromatic nitrogens is 2. The minimum Gasteiger partial charge on any atom is -0.381 e. The number of nitrogens with one attached hydrogen (secondary N) is 3. The van der Waals surface area contributed by atoms with Crippen LogP contribution in [0.3, 0.4) is 0 Å². The van der Waals surface area contributed by atoms with Crippen LogP contribution in [0.1, 0.15) is 115 Å². The Morgan fingerprint density at radius 3 is 1.42 bits per heavy atom. The second-order valence-electron chi connectivity index (χ2n) is 17.7. The molecule has 1 amide bonds. The molecule has 3 aromatic carbocycles. The number of nitrogens with two attached hydrogens (primary N) is 1. The lowest BCUT2D eigenvalue weighted by Crippen LogP contribution is -2.36. The largest absolute Gasteiger partial charge is 0.381 e. The van der Waals surface area contributed by atoms with E-state index in [2.05, 4.69) is 85.4 Å². The van der Waals surface area contributed by atoms with Gasteiger partial charge in [0.2, 0.25) is 5.91 Å². The van der Waals surface area contributed by atoms with Crippen LogP contribution in [0.25, 0.3) is 0 Å². The summed E-state index contributed by atoms with van der Waals surface area (Å²) < 4.78 is 10.5. The number of primary amides is 1. The highest BCUT2D eigenvalue weighted by Crippen LogP contribution is 2.28. The zero-order valence-corrected chi connectivity index (χ0v) is 44.5. The first-order valence-electron chi connectivity index (χ1n) is 23.4. The van der Waals surface area contributed by atoms with Gasteiger partial charge < -0.3 is 31.0 Å². The molecule has 362 valence electrons. The summed E-state index contributed by atoms with van der Waals surface area (Å²) in [4.78, 5) is 52.1. The van der Waals surface area contributed by atoms with Gasteiger partial charge in [0.15, 0.2) is 0 Å². The molecule has 0 saturated carbocycles. The van der Waals surface area contributed by atoms with Gasteiger partial charge in [-0.25, -0.2) is 4.98 Å². The summed E-state index contributed by atoms with van der Waals surface area (Å²) in [5.74, 6) is 0.391. The molecule has 1 aliphatic rings. The fourth-order valence-corrected chi connectivity index (χ4v) is 8.47. The van der Waals surface area contributed by atoms with Gasteiger partial charge >= 0.3 is 0 Å². The van der Waals surface area contributed by atoms with Gasteiger partial charge in [0.1, 0.15) is 17.3 Å². The van der Waals surface area contributed by atoms with Crippen molar-refractivity contribution >= 4 is 71.0 Å². The zero-order valence-electron chi connectivity index (χ0n) is 39.7. The van der Waals surface area contributed by atoms with E-state index in [1.807, 2.05) is 115 Å². The van der Waals surface area contributed by atoms with E-state index in [0.29, 0.717) is 30.6 Å². The second-order valence-corrected chi connectivity index (χ2v) is 20.5. The van der Waals surface area contributed by atoms with Crippen molar-refractivity contribution in [3.05, 3.63) is 122 Å². The number of ether oxygens (including phenoxy) is 1. The number of amides is 1. The normalized spacial score (nSPS) is 14.2. The summed E-state index contributed by atoms with van der Waals surface area (Å²) in [6.07, 6.45) is 11.2. The van der Waals surface area contributed by atoms with E-state index in [1.54, 1.807) is 6.20 Å². The molecule has 66 heavy (non-hydrogen) atoms. The highest BCUT2D eigenvalue weighted by Gasteiger charge is 2.25. The first-order chi connectivity index (χ1) is 31.6. The number of aryl methyl sites for hydroxylation is 1. The first-order valence-corrected chi connectivity index (χ1v) is 25.8. The highest BCUT2D eigenvalue weighted by molar-refractivity contribution is 9.11. The van der Waals surface area contributed by atoms with E-state index in [-0.39, 0.29) is 53.7 Å². The third kappa shape index (κ3) is 21.7. The Hall–Kier alpha value is -3.37. The van der Waals surface area contributed by atoms with Gasteiger partial charge in [0.25, 0.3) is 0 Å². The molecule has 3 atom stereocenters. The molecule has 0 unspecified atom stereocenters. The molecule has 0 bridgehead atoms. The predicted octanol–water partition coefficient (Wildman–Crippen LogP) is 10.2. The van der Waals surface area contributed by atoms with Crippen LogP contribution in [-0.4, -0.2) is 84.8 Å². The Morgan fingerprint density at radius 2 is 1.05 bits per heavy atom. The lowest BCUT2D eigenvalue weighted by Gasteiger charge is -2.25. The molecule has 0 aliphatic carbocycles. The Balaban J connectivity index is 0.000000264. The SMILES string of the molecule is CC(C)C(=O)[C@H](CCNC1CCOCC1)c1ccc(Br)cc1.CC(C)C(=O)[C@H](CCNCC(N)=O)c1ccc(Br)cc1.CC(C)C(=O)[C@H](CCNCCCn1ccnc1)c1ccc(Br)cc1. The van der Waals surface area contributed by atoms with Gasteiger partial charge in [0, 0.05) is 87.1 Å². The summed E-state index contributed by atoms with van der Waals surface area (Å²) in [5, 5.41) is 10.00. The molecule has 0 radical (unpaired) electrons. The molecule has 1 fully saturated rings. The van der Waals surface area contributed by atoms with Crippen LogP contribution >= 0.6 is 47.8 Å². The average Bonchev–Trinajstić information content (AvgIpc) is 3.83. The van der Waals surface area contributed by atoms with Crippen molar-refractivity contribution in [2.75, 3.05) is 45.9 Å².